The molecule has 4 rings (SSSR count). The minimum absolute atomic E-state index is 0.0139. The van der Waals surface area contributed by atoms with Crippen molar-refractivity contribution in [2.75, 3.05) is 18.5 Å². The molecule has 0 atom stereocenters. The lowest BCUT2D eigenvalue weighted by atomic mass is 9.12. The van der Waals surface area contributed by atoms with Crippen LogP contribution < -0.4 is 21.9 Å². The summed E-state index contributed by atoms with van der Waals surface area (Å²) in [7, 11) is 0.0139. The molecule has 0 saturated heterocycles. The number of rotatable bonds is 19. The molecule has 0 nitrogen and oxygen atoms in total. The molecule has 4 aromatic rings. The summed E-state index contributed by atoms with van der Waals surface area (Å²) in [6, 6.07) is 0. The minimum atomic E-state index is -7.22. The van der Waals surface area contributed by atoms with Gasteiger partial charge in [0.1, 0.15) is 52.7 Å². The standard InChI is InChI=1S/C24BF20.C18H39P/c26-5-1(6(27)14(35)21(42)13(5)34)25(2-7(28)15(36)22(43)16(37)8(2)29,3-9(30)17(38)23(44)18(39)10(3)31)4-11(32)19(40)24(45)20(41)12(4)33;1-4-7-10-13-16-19(17-14-11-8-5-2)18-15-12-9-6-3/h;4-18H2,1-3H3/q-1;/p+1. The van der Waals surface area contributed by atoms with Gasteiger partial charge in [0, 0.05) is 7.92 Å². The largest absolute Gasteiger partial charge is 0.207 e. The third-order valence-corrected chi connectivity index (χ3v) is 14.0. The van der Waals surface area contributed by atoms with E-state index in [4.69, 9.17) is 0 Å². The Morgan fingerprint density at radius 3 is 0.547 bits per heavy atom. The molecule has 356 valence electrons. The predicted octanol–water partition coefficient (Wildman–Crippen LogP) is 12.8. The smallest absolute Gasteiger partial charge is 0.200 e. The molecule has 0 spiro atoms. The highest BCUT2D eigenvalue weighted by atomic mass is 31.1. The van der Waals surface area contributed by atoms with Crippen LogP contribution in [0, 0.1) is 116 Å². The number of benzene rings is 4. The maximum atomic E-state index is 15.4. The first kappa shape index (κ1) is 54.3. The summed E-state index contributed by atoms with van der Waals surface area (Å²) in [6.07, 6.45) is 15.2. The van der Waals surface area contributed by atoms with Gasteiger partial charge in [-0.25, -0.2) is 87.8 Å². The number of hydrogen-bond donors (Lipinski definition) is 0. The molecule has 4 aromatic carbocycles. The quantitative estimate of drug-likeness (QED) is 0.0219. The van der Waals surface area contributed by atoms with E-state index in [1.54, 1.807) is 18.5 Å². The first-order chi connectivity index (χ1) is 30.0. The minimum Gasteiger partial charge on any atom is -0.207 e. The molecule has 0 radical (unpaired) electrons. The first-order valence-corrected chi connectivity index (χ1v) is 22.2. The van der Waals surface area contributed by atoms with Crippen LogP contribution in [-0.4, -0.2) is 24.6 Å². The van der Waals surface area contributed by atoms with E-state index in [2.05, 4.69) is 20.8 Å². The van der Waals surface area contributed by atoms with Crippen LogP contribution in [0.25, 0.3) is 0 Å². The van der Waals surface area contributed by atoms with Crippen LogP contribution in [0.15, 0.2) is 0 Å². The van der Waals surface area contributed by atoms with Crippen molar-refractivity contribution in [2.24, 2.45) is 0 Å². The highest BCUT2D eigenvalue weighted by molar-refractivity contribution is 7.57. The summed E-state index contributed by atoms with van der Waals surface area (Å²) < 4.78 is 294. The summed E-state index contributed by atoms with van der Waals surface area (Å²) in [5, 5.41) is 0. The van der Waals surface area contributed by atoms with Crippen LogP contribution in [0.4, 0.5) is 87.8 Å². The van der Waals surface area contributed by atoms with E-state index < -0.39 is 144 Å². The average Bonchev–Trinajstić information content (AvgIpc) is 3.27. The lowest BCUT2D eigenvalue weighted by Gasteiger charge is -2.44. The molecular formula is C42H40BF20P. The third-order valence-electron chi connectivity index (χ3n) is 10.9. The van der Waals surface area contributed by atoms with Gasteiger partial charge >= 0.3 is 0 Å². The second-order valence-corrected chi connectivity index (χ2v) is 18.0. The van der Waals surface area contributed by atoms with E-state index in [1.165, 1.54) is 77.0 Å². The van der Waals surface area contributed by atoms with Crippen LogP contribution in [-0.2, 0) is 0 Å². The van der Waals surface area contributed by atoms with Crippen molar-refractivity contribution in [3.63, 3.8) is 0 Å². The highest BCUT2D eigenvalue weighted by Gasteiger charge is 2.52. The fraction of sp³-hybridized carbons (Fsp3) is 0.429. The van der Waals surface area contributed by atoms with Crippen LogP contribution in [0.2, 0.25) is 0 Å². The molecular weight excluding hydrogens is 926 g/mol. The lowest BCUT2D eigenvalue weighted by molar-refractivity contribution is 0.378. The van der Waals surface area contributed by atoms with Gasteiger partial charge in [-0.05, 0) is 38.5 Å². The Hall–Kier alpha value is -4.03. The van der Waals surface area contributed by atoms with E-state index >= 15 is 35.1 Å². The average molecular weight is 967 g/mol. The molecule has 0 N–H and O–H groups in total. The molecule has 0 aliphatic rings. The molecule has 0 fully saturated rings. The molecule has 0 heterocycles. The summed E-state index contributed by atoms with van der Waals surface area (Å²) in [6.45, 7) is 6.96. The van der Waals surface area contributed by atoms with Gasteiger partial charge in [0.05, 0.1) is 18.5 Å². The molecule has 0 bridgehead atoms. The van der Waals surface area contributed by atoms with Gasteiger partial charge in [-0.15, -0.1) is 21.9 Å². The summed E-state index contributed by atoms with van der Waals surface area (Å²) >= 11 is 0. The van der Waals surface area contributed by atoms with Gasteiger partial charge < -0.3 is 0 Å². The zero-order valence-electron chi connectivity index (χ0n) is 34.2. The molecule has 0 saturated carbocycles. The number of hydrogen-bond acceptors (Lipinski definition) is 0. The van der Waals surface area contributed by atoms with Crippen molar-refractivity contribution in [1.82, 2.24) is 0 Å². The van der Waals surface area contributed by atoms with Gasteiger partial charge in [-0.3, -0.25) is 0 Å². The van der Waals surface area contributed by atoms with E-state index in [-0.39, 0.29) is 7.92 Å². The van der Waals surface area contributed by atoms with Crippen molar-refractivity contribution in [1.29, 1.82) is 0 Å². The second kappa shape index (κ2) is 23.4. The zero-order chi connectivity index (χ0) is 48.5. The molecule has 0 aliphatic heterocycles. The molecule has 0 aromatic heterocycles. The van der Waals surface area contributed by atoms with Gasteiger partial charge in [0.2, 0.25) is 0 Å². The summed E-state index contributed by atoms with van der Waals surface area (Å²) in [5.74, 6) is -71.4. The molecule has 0 unspecified atom stereocenters. The van der Waals surface area contributed by atoms with Gasteiger partial charge in [0.15, 0.2) is 69.8 Å². The normalized spacial score (nSPS) is 11.8. The zero-order valence-corrected chi connectivity index (χ0v) is 35.2. The Morgan fingerprint density at radius 1 is 0.234 bits per heavy atom. The summed E-state index contributed by atoms with van der Waals surface area (Å²) in [4.78, 5) is 0. The lowest BCUT2D eigenvalue weighted by Crippen LogP contribution is -2.81. The Kier molecular flexibility index (Phi) is 19.9. The van der Waals surface area contributed by atoms with Crippen molar-refractivity contribution in [2.45, 2.75) is 97.8 Å². The maximum Gasteiger partial charge on any atom is 0.200 e. The number of halogens is 20. The van der Waals surface area contributed by atoms with Crippen LogP contribution in [0.1, 0.15) is 97.8 Å². The molecule has 22 heteroatoms. The predicted molar refractivity (Wildman–Crippen MR) is 205 cm³/mol. The Morgan fingerprint density at radius 2 is 0.391 bits per heavy atom. The monoisotopic (exact) mass is 966 g/mol. The van der Waals surface area contributed by atoms with Gasteiger partial charge in [-0.1, -0.05) is 59.3 Å². The van der Waals surface area contributed by atoms with Crippen LogP contribution in [0.5, 0.6) is 0 Å². The molecule has 0 amide bonds. The summed E-state index contributed by atoms with van der Waals surface area (Å²) in [5.41, 5.74) is -14.3. The maximum absolute atomic E-state index is 15.4. The second-order valence-electron chi connectivity index (χ2n) is 15.0. The topological polar surface area (TPSA) is 0 Å². The Balaban J connectivity index is 0.000000483. The van der Waals surface area contributed by atoms with Crippen molar-refractivity contribution in [3.8, 4) is 0 Å². The van der Waals surface area contributed by atoms with Crippen LogP contribution in [0.3, 0.4) is 0 Å². The Bertz CT molecular complexity index is 1870. The Labute approximate surface area is 356 Å². The van der Waals surface area contributed by atoms with E-state index in [0.29, 0.717) is 0 Å². The van der Waals surface area contributed by atoms with E-state index in [9.17, 15) is 52.7 Å². The van der Waals surface area contributed by atoms with E-state index in [1.807, 2.05) is 0 Å². The first-order valence-electron chi connectivity index (χ1n) is 20.1. The third kappa shape index (κ3) is 10.5. The number of unbranched alkanes of at least 4 members (excludes halogenated alkanes) is 9. The highest BCUT2D eigenvalue weighted by Crippen LogP contribution is 2.39. The van der Waals surface area contributed by atoms with Gasteiger partial charge in [0.25, 0.3) is 0 Å². The fourth-order valence-electron chi connectivity index (χ4n) is 7.65. The SMILES string of the molecule is CCCCCC[PH+](CCCCCC)CCCCCC.Fc1c(F)c(F)c([B-](c2c(F)c(F)c(F)c(F)c2F)(c2c(F)c(F)c(F)c(F)c2F)c2c(F)c(F)c(F)c(F)c2F)c(F)c1F. The van der Waals surface area contributed by atoms with Crippen LogP contribution >= 0.6 is 7.92 Å². The molecule has 64 heavy (non-hydrogen) atoms. The van der Waals surface area contributed by atoms with Crippen molar-refractivity contribution >= 4 is 35.9 Å². The molecule has 0 aliphatic carbocycles. The van der Waals surface area contributed by atoms with Crippen molar-refractivity contribution in [3.05, 3.63) is 116 Å². The van der Waals surface area contributed by atoms with Gasteiger partial charge in [-0.2, -0.15) is 0 Å². The van der Waals surface area contributed by atoms with E-state index in [0.717, 1.165) is 0 Å². The van der Waals surface area contributed by atoms with Crippen molar-refractivity contribution < 1.29 is 87.8 Å². The fourth-order valence-corrected chi connectivity index (χ4v) is 10.7.